The topological polar surface area (TPSA) is 18.5 Å². The zero-order valence-electron chi connectivity index (χ0n) is 18.3. The third-order valence-electron chi connectivity index (χ3n) is 5.60. The summed E-state index contributed by atoms with van der Waals surface area (Å²) in [6.45, 7) is 18.1. The van der Waals surface area contributed by atoms with E-state index in [0.29, 0.717) is 0 Å². The monoisotopic (exact) mass is 401 g/mol. The normalized spacial score (nSPS) is 13.4. The second-order valence-electron chi connectivity index (χ2n) is 7.81. The number of hydrogen-bond donors (Lipinski definition) is 0. The molecule has 0 aliphatic carbocycles. The molecule has 0 heterocycles. The Balaban J connectivity index is 6.11. The molecule has 0 amide bonds. The fourth-order valence-corrected chi connectivity index (χ4v) is 19.7. The molecule has 0 fully saturated rings. The van der Waals surface area contributed by atoms with Crippen molar-refractivity contribution in [2.75, 3.05) is 13.2 Å². The number of rotatable bonds is 16. The van der Waals surface area contributed by atoms with Crippen LogP contribution >= 0.6 is 0 Å². The lowest BCUT2D eigenvalue weighted by molar-refractivity contribution is 0.266. The summed E-state index contributed by atoms with van der Waals surface area (Å²) in [6, 6.07) is 4.99. The lowest BCUT2D eigenvalue weighted by atomic mass is 10.5. The van der Waals surface area contributed by atoms with Gasteiger partial charge in [0.25, 0.3) is 0 Å². The molecule has 149 valence electrons. The molecule has 0 aromatic heterocycles. The van der Waals surface area contributed by atoms with Crippen LogP contribution in [0, 0.1) is 0 Å². The highest BCUT2D eigenvalue weighted by molar-refractivity contribution is 7.03. The first-order valence-electron chi connectivity index (χ1n) is 10.9. The lowest BCUT2D eigenvalue weighted by Crippen LogP contribution is -2.65. The molecule has 0 spiro atoms. The summed E-state index contributed by atoms with van der Waals surface area (Å²) in [5.41, 5.74) is 0. The van der Waals surface area contributed by atoms with Gasteiger partial charge in [-0.3, -0.25) is 0 Å². The van der Waals surface area contributed by atoms with E-state index in [1.807, 2.05) is 0 Å². The Morgan fingerprint density at radius 2 is 0.880 bits per heavy atom. The van der Waals surface area contributed by atoms with Crippen molar-refractivity contribution in [2.45, 2.75) is 115 Å². The highest BCUT2D eigenvalue weighted by atomic mass is 28.4. The Bertz CT molecular complexity index is 293. The largest absolute Gasteiger partial charge is 0.417 e. The highest BCUT2D eigenvalue weighted by Crippen LogP contribution is 2.53. The van der Waals surface area contributed by atoms with Crippen molar-refractivity contribution in [1.82, 2.24) is 0 Å². The van der Waals surface area contributed by atoms with Gasteiger partial charge in [-0.2, -0.15) is 0 Å². The van der Waals surface area contributed by atoms with Crippen LogP contribution < -0.4 is 0 Å². The van der Waals surface area contributed by atoms with E-state index < -0.39 is 16.6 Å². The van der Waals surface area contributed by atoms with Gasteiger partial charge >= 0.3 is 0 Å². The molecule has 0 aliphatic rings. The van der Waals surface area contributed by atoms with Gasteiger partial charge in [-0.15, -0.1) is 0 Å². The van der Waals surface area contributed by atoms with E-state index in [0.717, 1.165) is 26.1 Å². The predicted molar refractivity (Wildman–Crippen MR) is 119 cm³/mol. The van der Waals surface area contributed by atoms with Gasteiger partial charge in [-0.1, -0.05) is 74.1 Å². The van der Waals surface area contributed by atoms with Gasteiger partial charge in [0.2, 0.25) is 0 Å². The second kappa shape index (κ2) is 12.9. The third kappa shape index (κ3) is 6.30. The summed E-state index contributed by atoms with van der Waals surface area (Å²) in [5, 5.41) is 0. The quantitative estimate of drug-likeness (QED) is 0.265. The van der Waals surface area contributed by atoms with Crippen molar-refractivity contribution in [1.29, 1.82) is 0 Å². The molecule has 0 aliphatic heterocycles. The maximum atomic E-state index is 6.85. The van der Waals surface area contributed by atoms with Gasteiger partial charge in [0.1, 0.15) is 0 Å². The van der Waals surface area contributed by atoms with E-state index in [4.69, 9.17) is 8.85 Å². The predicted octanol–water partition coefficient (Wildman–Crippen LogP) is 6.80. The van der Waals surface area contributed by atoms with Crippen LogP contribution in [0.4, 0.5) is 0 Å². The minimum atomic E-state index is -1.95. The summed E-state index contributed by atoms with van der Waals surface area (Å²) in [5.74, 6) is 0. The van der Waals surface area contributed by atoms with Crippen LogP contribution in [-0.2, 0) is 8.85 Å². The van der Waals surface area contributed by atoms with Crippen molar-refractivity contribution >= 4 is 26.9 Å². The van der Waals surface area contributed by atoms with Gasteiger partial charge in [-0.05, 0) is 41.3 Å². The average Bonchev–Trinajstić information content (AvgIpc) is 2.58. The first-order chi connectivity index (χ1) is 11.9. The van der Waals surface area contributed by atoms with E-state index in [2.05, 4.69) is 58.7 Å². The van der Waals surface area contributed by atoms with E-state index in [1.54, 1.807) is 0 Å². The molecule has 25 heavy (non-hydrogen) atoms. The minimum Gasteiger partial charge on any atom is -0.417 e. The first-order valence-corrected chi connectivity index (χ1v) is 16.0. The van der Waals surface area contributed by atoms with E-state index in [1.165, 1.54) is 49.9 Å². The smallest absolute Gasteiger partial charge is 0.194 e. The summed E-state index contributed by atoms with van der Waals surface area (Å²) in [4.78, 5) is 0. The molecule has 0 N–H and O–H groups in total. The van der Waals surface area contributed by atoms with Crippen molar-refractivity contribution < 1.29 is 8.85 Å². The fourth-order valence-electron chi connectivity index (χ4n) is 4.45. The molecule has 0 unspecified atom stereocenters. The zero-order valence-corrected chi connectivity index (χ0v) is 21.3. The molecule has 0 atom stereocenters. The molecule has 0 saturated heterocycles. The van der Waals surface area contributed by atoms with Crippen LogP contribution in [0.1, 0.15) is 87.0 Å². The van der Waals surface area contributed by atoms with Crippen LogP contribution in [0.2, 0.25) is 28.5 Å². The molecule has 0 aromatic carbocycles. The standard InChI is InChI=1S/C20H45O2Si3/c1-8-14-21-24(16-10-3,17-11-4)20(7,23)25(18-12-5,19-13-6)22-15-9-2/h8-19H2,1-7H3. The molecule has 2 nitrogen and oxygen atoms in total. The SMILES string of the molecule is CCCO[Si](CCC)(CCC)C(C)([Si])[Si](CCC)(CCC)OCCC. The minimum absolute atomic E-state index is 0.0718. The van der Waals surface area contributed by atoms with Crippen molar-refractivity contribution in [3.63, 3.8) is 0 Å². The fraction of sp³-hybridized carbons (Fsp3) is 1.00. The molecule has 0 saturated carbocycles. The summed E-state index contributed by atoms with van der Waals surface area (Å²) < 4.78 is 13.8. The Kier molecular flexibility index (Phi) is 13.2. The maximum Gasteiger partial charge on any atom is 0.194 e. The summed E-state index contributed by atoms with van der Waals surface area (Å²) in [7, 11) is 0.527. The Morgan fingerprint density at radius 3 is 1.08 bits per heavy atom. The van der Waals surface area contributed by atoms with Gasteiger partial charge in [-0.25, -0.2) is 0 Å². The molecular weight excluding hydrogens is 356 g/mol. The van der Waals surface area contributed by atoms with Crippen LogP contribution in [-0.4, -0.2) is 40.1 Å². The molecule has 3 radical (unpaired) electrons. The van der Waals surface area contributed by atoms with Gasteiger partial charge < -0.3 is 8.85 Å². The van der Waals surface area contributed by atoms with Crippen LogP contribution in [0.25, 0.3) is 0 Å². The molecular formula is C20H45O2Si3. The van der Waals surface area contributed by atoms with Crippen molar-refractivity contribution in [3.05, 3.63) is 0 Å². The molecule has 0 aromatic rings. The number of hydrogen-bond acceptors (Lipinski definition) is 2. The van der Waals surface area contributed by atoms with Crippen LogP contribution in [0.5, 0.6) is 0 Å². The average molecular weight is 402 g/mol. The lowest BCUT2D eigenvalue weighted by Gasteiger charge is -2.54. The van der Waals surface area contributed by atoms with Crippen molar-refractivity contribution in [2.24, 2.45) is 0 Å². The maximum absolute atomic E-state index is 6.85. The Labute approximate surface area is 164 Å². The summed E-state index contributed by atoms with van der Waals surface area (Å²) in [6.07, 6.45) is 7.07. The molecule has 0 bridgehead atoms. The van der Waals surface area contributed by atoms with Crippen LogP contribution in [0.15, 0.2) is 0 Å². The van der Waals surface area contributed by atoms with Gasteiger partial charge in [0.15, 0.2) is 16.6 Å². The second-order valence-corrected chi connectivity index (χ2v) is 18.9. The Hall–Kier alpha value is 0.571. The Morgan fingerprint density at radius 1 is 0.600 bits per heavy atom. The van der Waals surface area contributed by atoms with E-state index >= 15 is 0 Å². The van der Waals surface area contributed by atoms with Crippen LogP contribution in [0.3, 0.4) is 0 Å². The van der Waals surface area contributed by atoms with Gasteiger partial charge in [0, 0.05) is 23.5 Å². The first kappa shape index (κ1) is 25.6. The van der Waals surface area contributed by atoms with E-state index in [-0.39, 0.29) is 4.28 Å². The van der Waals surface area contributed by atoms with E-state index in [9.17, 15) is 0 Å². The molecule has 5 heteroatoms. The summed E-state index contributed by atoms with van der Waals surface area (Å²) >= 11 is 0. The van der Waals surface area contributed by atoms with Gasteiger partial charge in [0.05, 0.1) is 0 Å². The zero-order chi connectivity index (χ0) is 19.4. The third-order valence-corrected chi connectivity index (χ3v) is 21.5. The highest BCUT2D eigenvalue weighted by Gasteiger charge is 2.60. The molecule has 0 rings (SSSR count). The van der Waals surface area contributed by atoms with Crippen molar-refractivity contribution in [3.8, 4) is 0 Å².